The highest BCUT2D eigenvalue weighted by atomic mass is 32.1. The molecule has 134 valence electrons. The quantitative estimate of drug-likeness (QED) is 0.884. The van der Waals surface area contributed by atoms with E-state index in [1.54, 1.807) is 11.3 Å². The lowest BCUT2D eigenvalue weighted by Crippen LogP contribution is -2.49. The summed E-state index contributed by atoms with van der Waals surface area (Å²) in [5.41, 5.74) is 1.16. The van der Waals surface area contributed by atoms with Crippen LogP contribution in [0.1, 0.15) is 36.9 Å². The number of amides is 1. The zero-order chi connectivity index (χ0) is 16.9. The van der Waals surface area contributed by atoms with Gasteiger partial charge in [0, 0.05) is 44.5 Å². The van der Waals surface area contributed by atoms with Crippen molar-refractivity contribution in [1.82, 2.24) is 20.1 Å². The minimum atomic E-state index is 0.345. The number of hydrogen-bond acceptors (Lipinski definition) is 5. The van der Waals surface area contributed by atoms with E-state index in [9.17, 15) is 4.79 Å². The zero-order valence-corrected chi connectivity index (χ0v) is 15.8. The third-order valence-corrected chi connectivity index (χ3v) is 6.24. The van der Waals surface area contributed by atoms with E-state index in [-0.39, 0.29) is 0 Å². The Kier molecular flexibility index (Phi) is 6.25. The second-order valence-electron chi connectivity index (χ2n) is 7.30. The van der Waals surface area contributed by atoms with Crippen LogP contribution in [0.2, 0.25) is 0 Å². The molecule has 0 saturated carbocycles. The first kappa shape index (κ1) is 17.8. The van der Waals surface area contributed by atoms with Crippen molar-refractivity contribution in [1.29, 1.82) is 0 Å². The summed E-state index contributed by atoms with van der Waals surface area (Å²) in [7, 11) is 0. The highest BCUT2D eigenvalue weighted by Crippen LogP contribution is 2.23. The highest BCUT2D eigenvalue weighted by Gasteiger charge is 2.26. The molecule has 6 heteroatoms. The van der Waals surface area contributed by atoms with Gasteiger partial charge >= 0.3 is 0 Å². The number of hydrogen-bond donors (Lipinski definition) is 1. The van der Waals surface area contributed by atoms with Crippen LogP contribution >= 0.6 is 11.3 Å². The van der Waals surface area contributed by atoms with Gasteiger partial charge in [-0.1, -0.05) is 6.92 Å². The molecule has 3 rings (SSSR count). The van der Waals surface area contributed by atoms with Crippen molar-refractivity contribution in [2.45, 2.75) is 39.7 Å². The highest BCUT2D eigenvalue weighted by molar-refractivity contribution is 7.09. The second kappa shape index (κ2) is 8.41. The molecule has 2 saturated heterocycles. The predicted molar refractivity (Wildman–Crippen MR) is 98.1 cm³/mol. The summed E-state index contributed by atoms with van der Waals surface area (Å²) in [5, 5.41) is 6.74. The summed E-state index contributed by atoms with van der Waals surface area (Å²) in [6.07, 6.45) is 3.22. The largest absolute Gasteiger partial charge is 0.340 e. The Morgan fingerprint density at radius 1 is 1.42 bits per heavy atom. The summed E-state index contributed by atoms with van der Waals surface area (Å²) in [4.78, 5) is 21.6. The van der Waals surface area contributed by atoms with Crippen molar-refractivity contribution in [3.05, 3.63) is 16.1 Å². The van der Waals surface area contributed by atoms with Gasteiger partial charge in [0.1, 0.15) is 0 Å². The summed E-state index contributed by atoms with van der Waals surface area (Å²) < 4.78 is 0. The number of thiazole rings is 1. The topological polar surface area (TPSA) is 48.5 Å². The fraction of sp³-hybridized carbons (Fsp3) is 0.778. The molecule has 1 amide bonds. The summed E-state index contributed by atoms with van der Waals surface area (Å²) in [6, 6.07) is 0. The lowest BCUT2D eigenvalue weighted by atomic mass is 9.85. The van der Waals surface area contributed by atoms with Gasteiger partial charge in [0.25, 0.3) is 0 Å². The molecule has 0 aliphatic carbocycles. The first-order chi connectivity index (χ1) is 11.6. The predicted octanol–water partition coefficient (Wildman–Crippen LogP) is 2.12. The van der Waals surface area contributed by atoms with Gasteiger partial charge in [-0.2, -0.15) is 0 Å². The van der Waals surface area contributed by atoms with Crippen LogP contribution in [0, 0.1) is 18.8 Å². The number of piperazine rings is 1. The van der Waals surface area contributed by atoms with Crippen molar-refractivity contribution in [3.8, 4) is 0 Å². The Morgan fingerprint density at radius 2 is 2.21 bits per heavy atom. The van der Waals surface area contributed by atoms with E-state index in [4.69, 9.17) is 0 Å². The van der Waals surface area contributed by atoms with Gasteiger partial charge < -0.3 is 10.2 Å². The molecule has 2 aliphatic rings. The van der Waals surface area contributed by atoms with Gasteiger partial charge in [0.2, 0.25) is 5.91 Å². The smallest absolute Gasteiger partial charge is 0.222 e. The van der Waals surface area contributed by atoms with E-state index in [0.29, 0.717) is 24.2 Å². The van der Waals surface area contributed by atoms with E-state index in [1.807, 2.05) is 6.92 Å². The van der Waals surface area contributed by atoms with Crippen LogP contribution in [0.3, 0.4) is 0 Å². The molecule has 0 bridgehead atoms. The lowest BCUT2D eigenvalue weighted by Gasteiger charge is -2.36. The molecule has 5 nitrogen and oxygen atoms in total. The van der Waals surface area contributed by atoms with Gasteiger partial charge in [-0.15, -0.1) is 11.3 Å². The van der Waals surface area contributed by atoms with Crippen LogP contribution in [-0.4, -0.2) is 60.0 Å². The van der Waals surface area contributed by atoms with Gasteiger partial charge in [0.05, 0.1) is 10.7 Å². The maximum Gasteiger partial charge on any atom is 0.222 e. The van der Waals surface area contributed by atoms with Crippen LogP contribution in [-0.2, 0) is 11.3 Å². The SMILES string of the molecule is Cc1nc(CN2CCN(C(=O)CC(C)C3CCCNC3)CC2)cs1. The van der Waals surface area contributed by atoms with E-state index in [1.165, 1.54) is 12.8 Å². The van der Waals surface area contributed by atoms with Crippen LogP contribution in [0.25, 0.3) is 0 Å². The zero-order valence-electron chi connectivity index (χ0n) is 15.0. The molecule has 24 heavy (non-hydrogen) atoms. The Hall–Kier alpha value is -0.980. The molecular formula is C18H30N4OS. The molecule has 3 heterocycles. The van der Waals surface area contributed by atoms with Crippen LogP contribution < -0.4 is 5.32 Å². The number of carbonyl (C=O) groups excluding carboxylic acids is 1. The Morgan fingerprint density at radius 3 is 2.83 bits per heavy atom. The summed E-state index contributed by atoms with van der Waals surface area (Å²) in [6.45, 7) is 11.1. The summed E-state index contributed by atoms with van der Waals surface area (Å²) in [5.74, 6) is 1.50. The number of nitrogens with one attached hydrogen (secondary N) is 1. The maximum absolute atomic E-state index is 12.6. The van der Waals surface area contributed by atoms with Gasteiger partial charge in [0.15, 0.2) is 0 Å². The molecule has 2 unspecified atom stereocenters. The van der Waals surface area contributed by atoms with Crippen LogP contribution in [0.4, 0.5) is 0 Å². The number of aromatic nitrogens is 1. The van der Waals surface area contributed by atoms with Crippen molar-refractivity contribution in [2.75, 3.05) is 39.3 Å². The Labute approximate surface area is 149 Å². The van der Waals surface area contributed by atoms with Crippen molar-refractivity contribution in [2.24, 2.45) is 11.8 Å². The fourth-order valence-corrected chi connectivity index (χ4v) is 4.40. The Bertz CT molecular complexity index is 533. The van der Waals surface area contributed by atoms with E-state index >= 15 is 0 Å². The molecule has 2 aliphatic heterocycles. The molecule has 2 atom stereocenters. The first-order valence-electron chi connectivity index (χ1n) is 9.23. The first-order valence-corrected chi connectivity index (χ1v) is 10.1. The number of carbonyl (C=O) groups is 1. The molecule has 0 radical (unpaired) electrons. The number of rotatable bonds is 5. The van der Waals surface area contributed by atoms with Gasteiger partial charge in [-0.05, 0) is 44.7 Å². The average molecular weight is 351 g/mol. The molecular weight excluding hydrogens is 320 g/mol. The number of aryl methyl sites for hydroxylation is 1. The van der Waals surface area contributed by atoms with Crippen LogP contribution in [0.15, 0.2) is 5.38 Å². The van der Waals surface area contributed by atoms with E-state index < -0.39 is 0 Å². The molecule has 1 aromatic heterocycles. The van der Waals surface area contributed by atoms with Crippen molar-refractivity contribution >= 4 is 17.2 Å². The Balaban J connectivity index is 1.41. The lowest BCUT2D eigenvalue weighted by molar-refractivity contribution is -0.134. The minimum absolute atomic E-state index is 0.345. The maximum atomic E-state index is 12.6. The molecule has 0 aromatic carbocycles. The number of nitrogens with zero attached hydrogens (tertiary/aromatic N) is 3. The summed E-state index contributed by atoms with van der Waals surface area (Å²) >= 11 is 1.71. The average Bonchev–Trinajstić information content (AvgIpc) is 3.01. The van der Waals surface area contributed by atoms with Crippen LogP contribution in [0.5, 0.6) is 0 Å². The van der Waals surface area contributed by atoms with E-state index in [0.717, 1.165) is 56.5 Å². The van der Waals surface area contributed by atoms with Crippen molar-refractivity contribution in [3.63, 3.8) is 0 Å². The molecule has 2 fully saturated rings. The number of piperidine rings is 1. The minimum Gasteiger partial charge on any atom is -0.340 e. The van der Waals surface area contributed by atoms with Gasteiger partial charge in [-0.3, -0.25) is 9.69 Å². The third kappa shape index (κ3) is 4.77. The van der Waals surface area contributed by atoms with Gasteiger partial charge in [-0.25, -0.2) is 4.98 Å². The monoisotopic (exact) mass is 350 g/mol. The normalized spacial score (nSPS) is 24.1. The molecule has 1 aromatic rings. The molecule has 1 N–H and O–H groups in total. The van der Waals surface area contributed by atoms with Crippen molar-refractivity contribution < 1.29 is 4.79 Å². The third-order valence-electron chi connectivity index (χ3n) is 5.41. The van der Waals surface area contributed by atoms with E-state index in [2.05, 4.69) is 32.4 Å². The fourth-order valence-electron chi connectivity index (χ4n) is 3.80. The molecule has 0 spiro atoms. The second-order valence-corrected chi connectivity index (χ2v) is 8.36. The standard InChI is InChI=1S/C18H30N4OS/c1-14(16-4-3-5-19-11-16)10-18(23)22-8-6-21(7-9-22)12-17-13-24-15(2)20-17/h13-14,16,19H,3-12H2,1-2H3.